The van der Waals surface area contributed by atoms with Crippen LogP contribution >= 0.6 is 43.2 Å². The zero-order valence-corrected chi connectivity index (χ0v) is 14.8. The molecule has 0 aliphatic carbocycles. The van der Waals surface area contributed by atoms with Gasteiger partial charge in [-0.05, 0) is 46.6 Å². The van der Waals surface area contributed by atoms with Gasteiger partial charge in [-0.2, -0.15) is 0 Å². The number of benzene rings is 1. The van der Waals surface area contributed by atoms with Crippen molar-refractivity contribution in [2.45, 2.75) is 17.1 Å². The highest BCUT2D eigenvalue weighted by Crippen LogP contribution is 2.30. The van der Waals surface area contributed by atoms with Gasteiger partial charge in [-0.25, -0.2) is 8.42 Å². The Balaban J connectivity index is 2.33. The van der Waals surface area contributed by atoms with Gasteiger partial charge in [0.15, 0.2) is 0 Å². The van der Waals surface area contributed by atoms with Gasteiger partial charge in [-0.15, -0.1) is 11.3 Å². The topological polar surface area (TPSA) is 46.2 Å². The standard InChI is InChI=1S/C12H11Br2NO2S2/c1-8-11(6-12(14)18-8)19(16,17)15-10-4-2-3-9(5-10)7-13/h2-6,15H,7H2,1H3. The molecule has 0 aliphatic heterocycles. The molecule has 0 saturated carbocycles. The van der Waals surface area contributed by atoms with Crippen LogP contribution in [0.5, 0.6) is 0 Å². The van der Waals surface area contributed by atoms with Crippen LogP contribution < -0.4 is 4.72 Å². The lowest BCUT2D eigenvalue weighted by molar-refractivity contribution is 0.601. The van der Waals surface area contributed by atoms with Gasteiger partial charge >= 0.3 is 0 Å². The lowest BCUT2D eigenvalue weighted by Gasteiger charge is -2.08. The molecule has 1 aromatic heterocycles. The van der Waals surface area contributed by atoms with E-state index in [1.165, 1.54) is 11.3 Å². The summed E-state index contributed by atoms with van der Waals surface area (Å²) in [6.45, 7) is 1.79. The minimum atomic E-state index is -3.53. The van der Waals surface area contributed by atoms with Crippen LogP contribution in [0, 0.1) is 6.92 Å². The third-order valence-electron chi connectivity index (χ3n) is 2.47. The van der Waals surface area contributed by atoms with Gasteiger partial charge in [-0.3, -0.25) is 4.72 Å². The van der Waals surface area contributed by atoms with E-state index >= 15 is 0 Å². The zero-order chi connectivity index (χ0) is 14.0. The van der Waals surface area contributed by atoms with Crippen molar-refractivity contribution in [3.05, 3.63) is 44.6 Å². The van der Waals surface area contributed by atoms with Crippen LogP contribution in [0.1, 0.15) is 10.4 Å². The van der Waals surface area contributed by atoms with Crippen LogP contribution in [-0.2, 0) is 15.4 Å². The summed E-state index contributed by atoms with van der Waals surface area (Å²) >= 11 is 8.06. The minimum Gasteiger partial charge on any atom is -0.280 e. The van der Waals surface area contributed by atoms with Crippen molar-refractivity contribution in [3.8, 4) is 0 Å². The van der Waals surface area contributed by atoms with E-state index in [4.69, 9.17) is 0 Å². The second kappa shape index (κ2) is 5.95. The van der Waals surface area contributed by atoms with Crippen molar-refractivity contribution in [2.75, 3.05) is 4.72 Å². The fourth-order valence-corrected chi connectivity index (χ4v) is 5.44. The van der Waals surface area contributed by atoms with E-state index in [1.54, 1.807) is 19.1 Å². The highest BCUT2D eigenvalue weighted by atomic mass is 79.9. The molecule has 102 valence electrons. The molecule has 7 heteroatoms. The molecule has 0 aliphatic rings. The number of nitrogens with one attached hydrogen (secondary N) is 1. The van der Waals surface area contributed by atoms with E-state index in [9.17, 15) is 8.42 Å². The van der Waals surface area contributed by atoms with E-state index in [0.29, 0.717) is 15.9 Å². The van der Waals surface area contributed by atoms with Gasteiger partial charge in [-0.1, -0.05) is 28.1 Å². The predicted octanol–water partition coefficient (Wildman–Crippen LogP) is 4.51. The smallest absolute Gasteiger partial charge is 0.263 e. The third-order valence-corrected chi connectivity index (χ3v) is 6.30. The summed E-state index contributed by atoms with van der Waals surface area (Å²) in [6, 6.07) is 8.92. The zero-order valence-electron chi connectivity index (χ0n) is 9.98. The van der Waals surface area contributed by atoms with Crippen LogP contribution in [0.2, 0.25) is 0 Å². The molecule has 0 atom stereocenters. The first-order valence-corrected chi connectivity index (χ1v) is 9.57. The van der Waals surface area contributed by atoms with Crippen molar-refractivity contribution in [1.82, 2.24) is 0 Å². The Labute approximate surface area is 133 Å². The Kier molecular flexibility index (Phi) is 4.70. The number of halogens is 2. The van der Waals surface area contributed by atoms with Crippen LogP contribution in [-0.4, -0.2) is 8.42 Å². The fourth-order valence-electron chi connectivity index (χ4n) is 1.63. The summed E-state index contributed by atoms with van der Waals surface area (Å²) < 4.78 is 28.0. The predicted molar refractivity (Wildman–Crippen MR) is 86.6 cm³/mol. The van der Waals surface area contributed by atoms with Crippen molar-refractivity contribution >= 4 is 58.9 Å². The van der Waals surface area contributed by atoms with Crippen molar-refractivity contribution in [3.63, 3.8) is 0 Å². The third kappa shape index (κ3) is 3.59. The molecule has 0 saturated heterocycles. The maximum atomic E-state index is 12.3. The van der Waals surface area contributed by atoms with E-state index < -0.39 is 10.0 Å². The highest BCUT2D eigenvalue weighted by Gasteiger charge is 2.19. The first kappa shape index (κ1) is 15.0. The number of thiophene rings is 1. The molecule has 0 spiro atoms. The highest BCUT2D eigenvalue weighted by molar-refractivity contribution is 9.11. The first-order chi connectivity index (χ1) is 8.92. The van der Waals surface area contributed by atoms with Crippen molar-refractivity contribution < 1.29 is 8.42 Å². The van der Waals surface area contributed by atoms with Crippen LogP contribution in [0.3, 0.4) is 0 Å². The molecule has 0 radical (unpaired) electrons. The summed E-state index contributed by atoms with van der Waals surface area (Å²) in [5.41, 5.74) is 1.59. The molecule has 19 heavy (non-hydrogen) atoms. The lowest BCUT2D eigenvalue weighted by Crippen LogP contribution is -2.13. The molecule has 1 heterocycles. The maximum absolute atomic E-state index is 12.3. The largest absolute Gasteiger partial charge is 0.280 e. The molecular weight excluding hydrogens is 414 g/mol. The van der Waals surface area contributed by atoms with Crippen LogP contribution in [0.15, 0.2) is 39.0 Å². The number of hydrogen-bond acceptors (Lipinski definition) is 3. The molecular formula is C12H11Br2NO2S2. The number of anilines is 1. The second-order valence-corrected chi connectivity index (χ2v) is 8.76. The Bertz CT molecular complexity index is 696. The normalized spacial score (nSPS) is 11.5. The molecule has 0 bridgehead atoms. The Hall–Kier alpha value is -0.370. The van der Waals surface area contributed by atoms with Gasteiger partial charge in [0.05, 0.1) is 3.79 Å². The average molecular weight is 425 g/mol. The van der Waals surface area contributed by atoms with E-state index in [1.807, 2.05) is 18.2 Å². The number of sulfonamides is 1. The minimum absolute atomic E-state index is 0.314. The lowest BCUT2D eigenvalue weighted by atomic mass is 10.2. The summed E-state index contributed by atoms with van der Waals surface area (Å²) in [5, 5.41) is 0.686. The first-order valence-electron chi connectivity index (χ1n) is 5.36. The number of hydrogen-bond donors (Lipinski definition) is 1. The molecule has 3 nitrogen and oxygen atoms in total. The Morgan fingerprint density at radius 1 is 1.32 bits per heavy atom. The fraction of sp³-hybridized carbons (Fsp3) is 0.167. The van der Waals surface area contributed by atoms with Crippen LogP contribution in [0.4, 0.5) is 5.69 Å². The van der Waals surface area contributed by atoms with Crippen molar-refractivity contribution in [1.29, 1.82) is 0 Å². The van der Waals surface area contributed by atoms with Crippen molar-refractivity contribution in [2.24, 2.45) is 0 Å². The monoisotopic (exact) mass is 423 g/mol. The van der Waals surface area contributed by atoms with E-state index in [-0.39, 0.29) is 0 Å². The molecule has 2 rings (SSSR count). The van der Waals surface area contributed by atoms with Gasteiger partial charge in [0, 0.05) is 15.9 Å². The Morgan fingerprint density at radius 2 is 2.05 bits per heavy atom. The van der Waals surface area contributed by atoms with E-state index in [0.717, 1.165) is 14.2 Å². The number of aryl methyl sites for hydroxylation is 1. The maximum Gasteiger partial charge on any atom is 0.263 e. The average Bonchev–Trinajstić information content (AvgIpc) is 2.69. The molecule has 2 aromatic rings. The second-order valence-electron chi connectivity index (χ2n) is 3.91. The van der Waals surface area contributed by atoms with Gasteiger partial charge < -0.3 is 0 Å². The summed E-state index contributed by atoms with van der Waals surface area (Å²) in [5.74, 6) is 0. The summed E-state index contributed by atoms with van der Waals surface area (Å²) in [7, 11) is -3.53. The molecule has 0 unspecified atom stereocenters. The quantitative estimate of drug-likeness (QED) is 0.733. The van der Waals surface area contributed by atoms with Gasteiger partial charge in [0.2, 0.25) is 0 Å². The number of rotatable bonds is 4. The molecule has 0 amide bonds. The molecule has 0 fully saturated rings. The van der Waals surface area contributed by atoms with Crippen LogP contribution in [0.25, 0.3) is 0 Å². The summed E-state index contributed by atoms with van der Waals surface area (Å²) in [4.78, 5) is 1.07. The summed E-state index contributed by atoms with van der Waals surface area (Å²) in [6.07, 6.45) is 0. The number of alkyl halides is 1. The van der Waals surface area contributed by atoms with Gasteiger partial charge in [0.1, 0.15) is 4.90 Å². The SMILES string of the molecule is Cc1sc(Br)cc1S(=O)(=O)Nc1cccc(CBr)c1. The van der Waals surface area contributed by atoms with E-state index in [2.05, 4.69) is 36.6 Å². The van der Waals surface area contributed by atoms with Gasteiger partial charge in [0.25, 0.3) is 10.0 Å². The Morgan fingerprint density at radius 3 is 2.63 bits per heavy atom. The molecule has 1 aromatic carbocycles. The molecule has 1 N–H and O–H groups in total.